The summed E-state index contributed by atoms with van der Waals surface area (Å²) in [5.41, 5.74) is 14.3. The topological polar surface area (TPSA) is 99.5 Å². The van der Waals surface area contributed by atoms with Gasteiger partial charge in [-0.05, 0) is 24.1 Å². The van der Waals surface area contributed by atoms with Gasteiger partial charge < -0.3 is 20.9 Å². The van der Waals surface area contributed by atoms with Crippen LogP contribution in [0.5, 0.6) is 5.75 Å². The lowest BCUT2D eigenvalue weighted by atomic mass is 10.1. The molecular formula is C17H23N5O2. The molecule has 128 valence electrons. The highest BCUT2D eigenvalue weighted by atomic mass is 16.5. The molecule has 3 rings (SSSR count). The van der Waals surface area contributed by atoms with Crippen LogP contribution in [0, 0.1) is 6.92 Å². The maximum absolute atomic E-state index is 5.98. The normalized spacial score (nSPS) is 15.4. The molecule has 1 saturated heterocycles. The van der Waals surface area contributed by atoms with Gasteiger partial charge in [0, 0.05) is 31.4 Å². The number of rotatable bonds is 5. The Morgan fingerprint density at radius 2 is 2.04 bits per heavy atom. The van der Waals surface area contributed by atoms with E-state index in [1.54, 1.807) is 6.20 Å². The van der Waals surface area contributed by atoms with Crippen molar-refractivity contribution in [1.29, 1.82) is 0 Å². The number of nitrogens with zero attached hydrogens (tertiary/aromatic N) is 3. The molecule has 0 spiro atoms. The maximum atomic E-state index is 5.98. The standard InChI is InChI=1S/C17H23N5O2/c1-12-2-3-13(14-11-20-17(19)21-16(14)18)10-15(12)24-9-6-22-4-7-23-8-5-22/h2-3,10-11H,4-9H2,1H3,(H4,18,19,20,21). The Bertz CT molecular complexity index is 701. The third-order valence-corrected chi connectivity index (χ3v) is 4.10. The molecule has 1 aliphatic heterocycles. The van der Waals surface area contributed by atoms with Crippen molar-refractivity contribution in [3.8, 4) is 16.9 Å². The lowest BCUT2D eigenvalue weighted by Gasteiger charge is -2.26. The van der Waals surface area contributed by atoms with Crippen LogP contribution in [0.15, 0.2) is 24.4 Å². The summed E-state index contributed by atoms with van der Waals surface area (Å²) in [5, 5.41) is 0. The van der Waals surface area contributed by atoms with E-state index >= 15 is 0 Å². The fourth-order valence-corrected chi connectivity index (χ4v) is 2.66. The minimum Gasteiger partial charge on any atom is -0.492 e. The fourth-order valence-electron chi connectivity index (χ4n) is 2.66. The summed E-state index contributed by atoms with van der Waals surface area (Å²) < 4.78 is 11.3. The number of hydrogen-bond donors (Lipinski definition) is 2. The van der Waals surface area contributed by atoms with E-state index in [0.29, 0.717) is 12.4 Å². The van der Waals surface area contributed by atoms with Crippen LogP contribution in [0.2, 0.25) is 0 Å². The molecule has 0 saturated carbocycles. The van der Waals surface area contributed by atoms with Crippen molar-refractivity contribution in [1.82, 2.24) is 14.9 Å². The molecule has 0 bridgehead atoms. The van der Waals surface area contributed by atoms with Crippen LogP contribution >= 0.6 is 0 Å². The fraction of sp³-hybridized carbons (Fsp3) is 0.412. The Morgan fingerprint density at radius 3 is 2.79 bits per heavy atom. The van der Waals surface area contributed by atoms with Crippen molar-refractivity contribution < 1.29 is 9.47 Å². The quantitative estimate of drug-likeness (QED) is 0.853. The lowest BCUT2D eigenvalue weighted by Crippen LogP contribution is -2.38. The molecule has 7 nitrogen and oxygen atoms in total. The van der Waals surface area contributed by atoms with Crippen molar-refractivity contribution in [3.63, 3.8) is 0 Å². The average molecular weight is 329 g/mol. The highest BCUT2D eigenvalue weighted by Gasteiger charge is 2.11. The van der Waals surface area contributed by atoms with E-state index in [9.17, 15) is 0 Å². The molecule has 2 aromatic rings. The van der Waals surface area contributed by atoms with E-state index in [0.717, 1.165) is 55.3 Å². The third-order valence-electron chi connectivity index (χ3n) is 4.10. The number of aryl methyl sites for hydroxylation is 1. The van der Waals surface area contributed by atoms with Gasteiger partial charge in [0.25, 0.3) is 0 Å². The van der Waals surface area contributed by atoms with Crippen molar-refractivity contribution in [3.05, 3.63) is 30.0 Å². The van der Waals surface area contributed by atoms with Crippen molar-refractivity contribution in [2.75, 3.05) is 50.9 Å². The van der Waals surface area contributed by atoms with Gasteiger partial charge in [0.1, 0.15) is 18.2 Å². The van der Waals surface area contributed by atoms with Gasteiger partial charge in [0.05, 0.1) is 13.2 Å². The van der Waals surface area contributed by atoms with Gasteiger partial charge in [-0.3, -0.25) is 4.90 Å². The van der Waals surface area contributed by atoms with Crippen LogP contribution in [0.4, 0.5) is 11.8 Å². The van der Waals surface area contributed by atoms with Crippen LogP contribution in [0.25, 0.3) is 11.1 Å². The van der Waals surface area contributed by atoms with E-state index in [4.69, 9.17) is 20.9 Å². The molecule has 1 aromatic carbocycles. The first-order valence-electron chi connectivity index (χ1n) is 8.05. The molecule has 0 atom stereocenters. The number of ether oxygens (including phenoxy) is 2. The monoisotopic (exact) mass is 329 g/mol. The molecule has 0 radical (unpaired) electrons. The molecule has 7 heteroatoms. The second-order valence-corrected chi connectivity index (χ2v) is 5.81. The van der Waals surface area contributed by atoms with E-state index in [1.807, 2.05) is 25.1 Å². The largest absolute Gasteiger partial charge is 0.492 e. The van der Waals surface area contributed by atoms with Crippen LogP contribution in [-0.4, -0.2) is 54.3 Å². The van der Waals surface area contributed by atoms with Gasteiger partial charge in [-0.1, -0.05) is 12.1 Å². The second-order valence-electron chi connectivity index (χ2n) is 5.81. The van der Waals surface area contributed by atoms with Crippen LogP contribution in [-0.2, 0) is 4.74 Å². The number of nitrogen functional groups attached to an aromatic ring is 2. The van der Waals surface area contributed by atoms with Crippen LogP contribution < -0.4 is 16.2 Å². The number of morpholine rings is 1. The van der Waals surface area contributed by atoms with Crippen molar-refractivity contribution in [2.24, 2.45) is 0 Å². The Hall–Kier alpha value is -2.38. The van der Waals surface area contributed by atoms with Gasteiger partial charge in [-0.2, -0.15) is 4.98 Å². The predicted molar refractivity (Wildman–Crippen MR) is 93.8 cm³/mol. The molecule has 0 amide bonds. The minimum absolute atomic E-state index is 0.172. The van der Waals surface area contributed by atoms with Gasteiger partial charge in [0.15, 0.2) is 0 Å². The first-order valence-corrected chi connectivity index (χ1v) is 8.05. The zero-order valence-electron chi connectivity index (χ0n) is 13.9. The number of hydrogen-bond acceptors (Lipinski definition) is 7. The molecule has 2 heterocycles. The zero-order chi connectivity index (χ0) is 16.9. The summed E-state index contributed by atoms with van der Waals surface area (Å²) in [4.78, 5) is 10.4. The first kappa shape index (κ1) is 16.5. The SMILES string of the molecule is Cc1ccc(-c2cnc(N)nc2N)cc1OCCN1CCOCC1. The zero-order valence-corrected chi connectivity index (χ0v) is 13.9. The predicted octanol–water partition coefficient (Wildman–Crippen LogP) is 1.33. The molecule has 1 aliphatic rings. The van der Waals surface area contributed by atoms with E-state index < -0.39 is 0 Å². The molecule has 0 unspecified atom stereocenters. The molecule has 1 fully saturated rings. The molecule has 4 N–H and O–H groups in total. The molecule has 0 aliphatic carbocycles. The molecule has 1 aromatic heterocycles. The van der Waals surface area contributed by atoms with Crippen molar-refractivity contribution in [2.45, 2.75) is 6.92 Å². The number of benzene rings is 1. The summed E-state index contributed by atoms with van der Waals surface area (Å²) in [7, 11) is 0. The van der Waals surface area contributed by atoms with Gasteiger partial charge in [-0.15, -0.1) is 0 Å². The summed E-state index contributed by atoms with van der Waals surface area (Å²) >= 11 is 0. The van der Waals surface area contributed by atoms with Crippen molar-refractivity contribution >= 4 is 11.8 Å². The highest BCUT2D eigenvalue weighted by molar-refractivity contribution is 5.74. The highest BCUT2D eigenvalue weighted by Crippen LogP contribution is 2.29. The summed E-state index contributed by atoms with van der Waals surface area (Å²) in [5.74, 6) is 1.38. The summed E-state index contributed by atoms with van der Waals surface area (Å²) in [6.07, 6.45) is 1.64. The molecular weight excluding hydrogens is 306 g/mol. The van der Waals surface area contributed by atoms with E-state index in [-0.39, 0.29) is 5.95 Å². The Morgan fingerprint density at radius 1 is 1.25 bits per heavy atom. The minimum atomic E-state index is 0.172. The number of nitrogens with two attached hydrogens (primary N) is 2. The van der Waals surface area contributed by atoms with E-state index in [1.165, 1.54) is 0 Å². The smallest absolute Gasteiger partial charge is 0.221 e. The van der Waals surface area contributed by atoms with Crippen LogP contribution in [0.3, 0.4) is 0 Å². The lowest BCUT2D eigenvalue weighted by molar-refractivity contribution is 0.0322. The van der Waals surface area contributed by atoms with Crippen LogP contribution in [0.1, 0.15) is 5.56 Å². The number of aromatic nitrogens is 2. The van der Waals surface area contributed by atoms with Gasteiger partial charge >= 0.3 is 0 Å². The van der Waals surface area contributed by atoms with Gasteiger partial charge in [-0.25, -0.2) is 4.98 Å². The Kier molecular flexibility index (Phi) is 5.12. The first-order chi connectivity index (χ1) is 11.6. The maximum Gasteiger partial charge on any atom is 0.221 e. The average Bonchev–Trinajstić information content (AvgIpc) is 2.58. The summed E-state index contributed by atoms with van der Waals surface area (Å²) in [6.45, 7) is 7.06. The Labute approximate surface area is 141 Å². The van der Waals surface area contributed by atoms with E-state index in [2.05, 4.69) is 14.9 Å². The number of anilines is 2. The molecule has 24 heavy (non-hydrogen) atoms. The second kappa shape index (κ2) is 7.46. The Balaban J connectivity index is 1.69. The summed E-state index contributed by atoms with van der Waals surface area (Å²) in [6, 6.07) is 5.96. The third kappa shape index (κ3) is 3.93. The van der Waals surface area contributed by atoms with Gasteiger partial charge in [0.2, 0.25) is 5.95 Å².